The van der Waals surface area contributed by atoms with Gasteiger partial charge in [0.1, 0.15) is 18.1 Å². The van der Waals surface area contributed by atoms with Crippen LogP contribution in [0.15, 0.2) is 36.4 Å². The lowest BCUT2D eigenvalue weighted by molar-refractivity contribution is -0.127. The number of rotatable bonds is 9. The minimum absolute atomic E-state index is 0.143. The van der Waals surface area contributed by atoms with Crippen molar-refractivity contribution in [3.05, 3.63) is 58.7 Å². The summed E-state index contributed by atoms with van der Waals surface area (Å²) in [5.74, 6) is 1.44. The van der Waals surface area contributed by atoms with Crippen molar-refractivity contribution >= 4 is 5.91 Å². The minimum Gasteiger partial charge on any atom is -0.492 e. The second-order valence-corrected chi connectivity index (χ2v) is 7.00. The van der Waals surface area contributed by atoms with Gasteiger partial charge in [-0.2, -0.15) is 0 Å². The lowest BCUT2D eigenvalue weighted by Crippen LogP contribution is -2.38. The summed E-state index contributed by atoms with van der Waals surface area (Å²) in [7, 11) is 0. The second-order valence-electron chi connectivity index (χ2n) is 7.00. The van der Waals surface area contributed by atoms with Gasteiger partial charge in [-0.1, -0.05) is 31.5 Å². The van der Waals surface area contributed by atoms with E-state index in [9.17, 15) is 4.79 Å². The summed E-state index contributed by atoms with van der Waals surface area (Å²) in [5.41, 5.74) is 4.66. The Hall–Kier alpha value is -2.49. The molecule has 0 saturated heterocycles. The smallest absolute Gasteiger partial charge is 0.260 e. The number of carbonyl (C=O) groups is 1. The summed E-state index contributed by atoms with van der Waals surface area (Å²) in [4.78, 5) is 12.3. The van der Waals surface area contributed by atoms with Gasteiger partial charge in [0.05, 0.1) is 6.54 Å². The molecule has 27 heavy (non-hydrogen) atoms. The van der Waals surface area contributed by atoms with Crippen LogP contribution in [0.1, 0.15) is 42.5 Å². The molecule has 0 radical (unpaired) electrons. The molecule has 1 atom stereocenters. The molecular formula is C23H31NO3. The van der Waals surface area contributed by atoms with Crippen molar-refractivity contribution in [1.29, 1.82) is 0 Å². The van der Waals surface area contributed by atoms with Crippen LogP contribution >= 0.6 is 0 Å². The Morgan fingerprint density at radius 3 is 2.48 bits per heavy atom. The second kappa shape index (κ2) is 10.0. The van der Waals surface area contributed by atoms with Crippen molar-refractivity contribution in [3.8, 4) is 11.5 Å². The van der Waals surface area contributed by atoms with Crippen molar-refractivity contribution in [2.75, 3.05) is 13.2 Å². The molecule has 2 rings (SSSR count). The van der Waals surface area contributed by atoms with Gasteiger partial charge in [0.25, 0.3) is 5.91 Å². The first kappa shape index (κ1) is 20.8. The van der Waals surface area contributed by atoms with Gasteiger partial charge in [-0.25, -0.2) is 0 Å². The molecule has 0 aliphatic carbocycles. The van der Waals surface area contributed by atoms with Gasteiger partial charge in [-0.05, 0) is 74.6 Å². The number of benzene rings is 2. The zero-order valence-electron chi connectivity index (χ0n) is 17.1. The molecule has 2 aromatic rings. The van der Waals surface area contributed by atoms with E-state index in [0.717, 1.165) is 41.0 Å². The van der Waals surface area contributed by atoms with Gasteiger partial charge in [0, 0.05) is 0 Å². The minimum atomic E-state index is -0.557. The van der Waals surface area contributed by atoms with Gasteiger partial charge in [0.15, 0.2) is 6.10 Å². The molecule has 0 fully saturated rings. The van der Waals surface area contributed by atoms with E-state index in [1.165, 1.54) is 5.56 Å². The Morgan fingerprint density at radius 1 is 1.11 bits per heavy atom. The molecule has 146 valence electrons. The first-order chi connectivity index (χ1) is 12.9. The first-order valence-corrected chi connectivity index (χ1v) is 9.64. The van der Waals surface area contributed by atoms with E-state index in [2.05, 4.69) is 30.4 Å². The van der Waals surface area contributed by atoms with Crippen molar-refractivity contribution in [3.63, 3.8) is 0 Å². The number of ether oxygens (including phenoxy) is 2. The molecule has 0 aromatic heterocycles. The van der Waals surface area contributed by atoms with Gasteiger partial charge in [-0.3, -0.25) is 4.79 Å². The van der Waals surface area contributed by atoms with E-state index >= 15 is 0 Å². The predicted molar refractivity (Wildman–Crippen MR) is 110 cm³/mol. The van der Waals surface area contributed by atoms with Gasteiger partial charge >= 0.3 is 0 Å². The van der Waals surface area contributed by atoms with Crippen LogP contribution in [0.2, 0.25) is 0 Å². The molecule has 4 heteroatoms. The van der Waals surface area contributed by atoms with Crippen LogP contribution in [0.3, 0.4) is 0 Å². The highest BCUT2D eigenvalue weighted by Crippen LogP contribution is 2.24. The molecule has 4 nitrogen and oxygen atoms in total. The Balaban J connectivity index is 1.76. The van der Waals surface area contributed by atoms with E-state index in [1.807, 2.05) is 39.0 Å². The van der Waals surface area contributed by atoms with Crippen LogP contribution in [0.25, 0.3) is 0 Å². The number of hydrogen-bond acceptors (Lipinski definition) is 3. The highest BCUT2D eigenvalue weighted by Gasteiger charge is 2.16. The molecule has 0 spiro atoms. The topological polar surface area (TPSA) is 47.6 Å². The van der Waals surface area contributed by atoms with Gasteiger partial charge < -0.3 is 14.8 Å². The number of hydrogen-bond donors (Lipinski definition) is 1. The molecule has 1 N–H and O–H groups in total. The lowest BCUT2D eigenvalue weighted by atomic mass is 10.1. The molecular weight excluding hydrogens is 338 g/mol. The van der Waals surface area contributed by atoms with Gasteiger partial charge in [0.2, 0.25) is 0 Å². The fourth-order valence-corrected chi connectivity index (χ4v) is 2.90. The molecule has 0 bridgehead atoms. The summed E-state index contributed by atoms with van der Waals surface area (Å²) >= 11 is 0. The normalized spacial score (nSPS) is 11.7. The van der Waals surface area contributed by atoms with E-state index in [1.54, 1.807) is 6.92 Å². The first-order valence-electron chi connectivity index (χ1n) is 9.64. The van der Waals surface area contributed by atoms with Crippen LogP contribution in [0.5, 0.6) is 11.5 Å². The molecule has 0 aliphatic heterocycles. The molecule has 2 aromatic carbocycles. The monoisotopic (exact) mass is 369 g/mol. The maximum absolute atomic E-state index is 12.3. The van der Waals surface area contributed by atoms with E-state index in [0.29, 0.717) is 13.2 Å². The lowest BCUT2D eigenvalue weighted by Gasteiger charge is -2.18. The standard InChI is InChI=1S/C23H31NO3/c1-6-7-20-8-10-21(11-9-20)26-13-12-24-23(25)19(5)27-22-15-16(2)14-17(3)18(22)4/h8-11,14-15,19H,6-7,12-13H2,1-5H3,(H,24,25)/t19-/m1/s1. The zero-order chi connectivity index (χ0) is 19.8. The predicted octanol–water partition coefficient (Wildman–Crippen LogP) is 4.53. The molecule has 0 aliphatic rings. The van der Waals surface area contributed by atoms with Crippen LogP contribution in [-0.2, 0) is 11.2 Å². The Bertz CT molecular complexity index is 753. The number of nitrogens with one attached hydrogen (secondary N) is 1. The molecule has 0 heterocycles. The number of amides is 1. The fourth-order valence-electron chi connectivity index (χ4n) is 2.90. The summed E-state index contributed by atoms with van der Waals surface area (Å²) in [6.45, 7) is 10.9. The summed E-state index contributed by atoms with van der Waals surface area (Å²) in [6, 6.07) is 12.2. The number of aryl methyl sites for hydroxylation is 3. The largest absolute Gasteiger partial charge is 0.492 e. The van der Waals surface area contributed by atoms with Crippen LogP contribution in [-0.4, -0.2) is 25.2 Å². The highest BCUT2D eigenvalue weighted by molar-refractivity contribution is 5.80. The number of carbonyl (C=O) groups excluding carboxylic acids is 1. The Labute approximate surface area is 162 Å². The van der Waals surface area contributed by atoms with Crippen molar-refractivity contribution in [2.45, 2.75) is 53.6 Å². The quantitative estimate of drug-likeness (QED) is 0.661. The third kappa shape index (κ3) is 6.31. The SMILES string of the molecule is CCCc1ccc(OCCNC(=O)[C@@H](C)Oc2cc(C)cc(C)c2C)cc1. The van der Waals surface area contributed by atoms with E-state index < -0.39 is 6.10 Å². The molecule has 0 unspecified atom stereocenters. The van der Waals surface area contributed by atoms with Crippen molar-refractivity contribution in [2.24, 2.45) is 0 Å². The van der Waals surface area contributed by atoms with Crippen molar-refractivity contribution < 1.29 is 14.3 Å². The zero-order valence-corrected chi connectivity index (χ0v) is 17.1. The Kier molecular flexibility index (Phi) is 7.71. The maximum atomic E-state index is 12.3. The third-order valence-electron chi connectivity index (χ3n) is 4.57. The average molecular weight is 370 g/mol. The maximum Gasteiger partial charge on any atom is 0.260 e. The van der Waals surface area contributed by atoms with Crippen LogP contribution in [0, 0.1) is 20.8 Å². The van der Waals surface area contributed by atoms with E-state index in [4.69, 9.17) is 9.47 Å². The summed E-state index contributed by atoms with van der Waals surface area (Å²) in [5, 5.41) is 2.86. The van der Waals surface area contributed by atoms with Gasteiger partial charge in [-0.15, -0.1) is 0 Å². The van der Waals surface area contributed by atoms with Crippen LogP contribution in [0.4, 0.5) is 0 Å². The van der Waals surface area contributed by atoms with Crippen LogP contribution < -0.4 is 14.8 Å². The summed E-state index contributed by atoms with van der Waals surface area (Å²) < 4.78 is 11.5. The fraction of sp³-hybridized carbons (Fsp3) is 0.435. The Morgan fingerprint density at radius 2 is 1.81 bits per heavy atom. The molecule has 0 saturated carbocycles. The third-order valence-corrected chi connectivity index (χ3v) is 4.57. The average Bonchev–Trinajstić information content (AvgIpc) is 2.64. The summed E-state index contributed by atoms with van der Waals surface area (Å²) in [6.07, 6.45) is 1.65. The van der Waals surface area contributed by atoms with E-state index in [-0.39, 0.29) is 5.91 Å². The van der Waals surface area contributed by atoms with Crippen molar-refractivity contribution in [1.82, 2.24) is 5.32 Å². The molecule has 1 amide bonds. The highest BCUT2D eigenvalue weighted by atomic mass is 16.5.